The minimum absolute atomic E-state index is 0.106. The van der Waals surface area contributed by atoms with Gasteiger partial charge < -0.3 is 4.90 Å². The van der Waals surface area contributed by atoms with Crippen molar-refractivity contribution in [2.75, 3.05) is 13.6 Å². The number of amides is 1. The van der Waals surface area contributed by atoms with E-state index in [9.17, 15) is 9.59 Å². The van der Waals surface area contributed by atoms with Crippen molar-refractivity contribution in [2.45, 2.75) is 37.6 Å². The molecule has 0 spiro atoms. The number of hydrogen-bond acceptors (Lipinski definition) is 5. The summed E-state index contributed by atoms with van der Waals surface area (Å²) in [6.07, 6.45) is 0.279. The number of aromatic nitrogens is 2. The lowest BCUT2D eigenvalue weighted by atomic mass is 10.1. The molecule has 7 heteroatoms. The van der Waals surface area contributed by atoms with Gasteiger partial charge in [-0.15, -0.1) is 0 Å². The molecule has 0 saturated heterocycles. The smallest absolute Gasteiger partial charge is 0.266 e. The Morgan fingerprint density at radius 1 is 1.20 bits per heavy atom. The van der Waals surface area contributed by atoms with Crippen LogP contribution in [0.15, 0.2) is 52.4 Å². The maximum atomic E-state index is 13.5. The van der Waals surface area contributed by atoms with Gasteiger partial charge in [-0.25, -0.2) is 4.98 Å². The maximum absolute atomic E-state index is 13.5. The van der Waals surface area contributed by atoms with Crippen molar-refractivity contribution in [3.63, 3.8) is 0 Å². The van der Waals surface area contributed by atoms with E-state index in [4.69, 9.17) is 10.2 Å². The van der Waals surface area contributed by atoms with Crippen molar-refractivity contribution in [1.82, 2.24) is 14.5 Å². The molecule has 0 aliphatic carbocycles. The highest BCUT2D eigenvalue weighted by atomic mass is 32.2. The van der Waals surface area contributed by atoms with Crippen molar-refractivity contribution in [3.05, 3.63) is 63.9 Å². The minimum Gasteiger partial charge on any atom is -0.344 e. The van der Waals surface area contributed by atoms with Gasteiger partial charge in [-0.05, 0) is 44.0 Å². The Balaban J connectivity index is 2.13. The molecule has 6 nitrogen and oxygen atoms in total. The Labute approximate surface area is 180 Å². The third kappa shape index (κ3) is 4.24. The molecule has 1 aromatic heterocycles. The molecule has 0 aliphatic rings. The Kier molecular flexibility index (Phi) is 6.58. The molecule has 0 N–H and O–H groups in total. The summed E-state index contributed by atoms with van der Waals surface area (Å²) in [5.74, 6) is -0.106. The molecule has 2 aromatic carbocycles. The van der Waals surface area contributed by atoms with E-state index in [-0.39, 0.29) is 17.9 Å². The molecule has 1 atom stereocenters. The molecule has 0 aliphatic heterocycles. The van der Waals surface area contributed by atoms with Crippen LogP contribution in [0.2, 0.25) is 0 Å². The molecule has 0 saturated carbocycles. The molecule has 0 bridgehead atoms. The number of hydrogen-bond donors (Lipinski definition) is 0. The van der Waals surface area contributed by atoms with Crippen LogP contribution in [0, 0.1) is 25.2 Å². The van der Waals surface area contributed by atoms with E-state index in [2.05, 4.69) is 6.07 Å². The predicted molar refractivity (Wildman–Crippen MR) is 120 cm³/mol. The predicted octanol–water partition coefficient (Wildman–Crippen LogP) is 3.86. The second-order valence-corrected chi connectivity index (χ2v) is 8.53. The van der Waals surface area contributed by atoms with Gasteiger partial charge in [-0.3, -0.25) is 14.2 Å². The average Bonchev–Trinajstić information content (AvgIpc) is 2.73. The topological polar surface area (TPSA) is 79.0 Å². The number of aryl methyl sites for hydroxylation is 2. The SMILES string of the molecule is Cc1cccc(C)c1-n1c(S[C@@H](C)C(=O)N(C)CCC#N)nc2ccccc2c1=O. The number of nitriles is 1. The molecule has 0 radical (unpaired) electrons. The van der Waals surface area contributed by atoms with Crippen LogP contribution in [0.3, 0.4) is 0 Å². The number of rotatable bonds is 6. The lowest BCUT2D eigenvalue weighted by Gasteiger charge is -2.22. The Morgan fingerprint density at radius 3 is 2.53 bits per heavy atom. The van der Waals surface area contributed by atoms with Crippen molar-refractivity contribution in [1.29, 1.82) is 5.26 Å². The zero-order valence-corrected chi connectivity index (χ0v) is 18.4. The maximum Gasteiger partial charge on any atom is 0.266 e. The Hall–Kier alpha value is -3.11. The van der Waals surface area contributed by atoms with Gasteiger partial charge in [0.15, 0.2) is 5.16 Å². The van der Waals surface area contributed by atoms with Crippen LogP contribution in [0.1, 0.15) is 24.5 Å². The first-order valence-electron chi connectivity index (χ1n) is 9.72. The Morgan fingerprint density at radius 2 is 1.87 bits per heavy atom. The first-order valence-corrected chi connectivity index (χ1v) is 10.6. The van der Waals surface area contributed by atoms with Crippen molar-refractivity contribution in [2.24, 2.45) is 0 Å². The molecular weight excluding hydrogens is 396 g/mol. The number of benzene rings is 2. The van der Waals surface area contributed by atoms with Gasteiger partial charge in [0.1, 0.15) is 0 Å². The van der Waals surface area contributed by atoms with Crippen LogP contribution in [-0.4, -0.2) is 39.2 Å². The minimum atomic E-state index is -0.461. The van der Waals surface area contributed by atoms with Gasteiger partial charge in [0, 0.05) is 13.6 Å². The number of thioether (sulfide) groups is 1. The second kappa shape index (κ2) is 9.14. The fraction of sp³-hybridized carbons (Fsp3) is 0.304. The molecule has 0 fully saturated rings. The van der Waals surface area contributed by atoms with Gasteiger partial charge in [0.2, 0.25) is 5.91 Å². The van der Waals surface area contributed by atoms with Crippen molar-refractivity contribution in [3.8, 4) is 11.8 Å². The summed E-state index contributed by atoms with van der Waals surface area (Å²) in [5.41, 5.74) is 3.16. The van der Waals surface area contributed by atoms with E-state index in [0.29, 0.717) is 22.6 Å². The fourth-order valence-electron chi connectivity index (χ4n) is 3.39. The quantitative estimate of drug-likeness (QED) is 0.447. The summed E-state index contributed by atoms with van der Waals surface area (Å²) >= 11 is 1.26. The van der Waals surface area contributed by atoms with Gasteiger partial charge in [0.25, 0.3) is 5.56 Å². The van der Waals surface area contributed by atoms with Crippen LogP contribution in [0.4, 0.5) is 0 Å². The number of fused-ring (bicyclic) bond motifs is 1. The first-order chi connectivity index (χ1) is 14.3. The molecule has 1 amide bonds. The number of carbonyl (C=O) groups excluding carboxylic acids is 1. The lowest BCUT2D eigenvalue weighted by molar-refractivity contribution is -0.128. The summed E-state index contributed by atoms with van der Waals surface area (Å²) in [7, 11) is 1.68. The van der Waals surface area contributed by atoms with E-state index in [0.717, 1.165) is 16.8 Å². The van der Waals surface area contributed by atoms with Gasteiger partial charge in [0.05, 0.1) is 34.3 Å². The molecule has 3 aromatic rings. The summed E-state index contributed by atoms with van der Waals surface area (Å²) in [6, 6.07) is 15.2. The Bertz CT molecular complexity index is 1180. The third-order valence-electron chi connectivity index (χ3n) is 4.97. The fourth-order valence-corrected chi connectivity index (χ4v) is 4.42. The lowest BCUT2D eigenvalue weighted by Crippen LogP contribution is -2.34. The van der Waals surface area contributed by atoms with Gasteiger partial charge in [-0.1, -0.05) is 42.1 Å². The van der Waals surface area contributed by atoms with E-state index in [1.54, 1.807) is 35.6 Å². The summed E-state index contributed by atoms with van der Waals surface area (Å²) in [5, 5.41) is 9.33. The van der Waals surface area contributed by atoms with E-state index >= 15 is 0 Å². The molecule has 0 unspecified atom stereocenters. The largest absolute Gasteiger partial charge is 0.344 e. The van der Waals surface area contributed by atoms with Gasteiger partial charge in [-0.2, -0.15) is 5.26 Å². The molecule has 30 heavy (non-hydrogen) atoms. The van der Waals surface area contributed by atoms with Crippen LogP contribution in [0.5, 0.6) is 0 Å². The van der Waals surface area contributed by atoms with E-state index < -0.39 is 5.25 Å². The van der Waals surface area contributed by atoms with Crippen molar-refractivity contribution >= 4 is 28.6 Å². The standard InChI is InChI=1S/C23H24N4O2S/c1-15-9-7-10-16(2)20(15)27-22(29)18-11-5-6-12-19(18)25-23(27)30-17(3)21(28)26(4)14-8-13-24/h5-7,9-12,17H,8,14H2,1-4H3/t17-/m0/s1. The third-order valence-corrected chi connectivity index (χ3v) is 6.01. The normalized spacial score (nSPS) is 11.8. The van der Waals surface area contributed by atoms with Crippen molar-refractivity contribution < 1.29 is 4.79 Å². The van der Waals surface area contributed by atoms with Crippen LogP contribution < -0.4 is 5.56 Å². The summed E-state index contributed by atoms with van der Waals surface area (Å²) < 4.78 is 1.62. The number of carbonyl (C=O) groups is 1. The van der Waals surface area contributed by atoms with E-state index in [1.807, 2.05) is 44.2 Å². The van der Waals surface area contributed by atoms with Gasteiger partial charge >= 0.3 is 0 Å². The first kappa shape index (κ1) is 21.6. The summed E-state index contributed by atoms with van der Waals surface area (Å²) in [6.45, 7) is 6.09. The molecular formula is C23H24N4O2S. The van der Waals surface area contributed by atoms with Crippen LogP contribution in [-0.2, 0) is 4.79 Å². The zero-order chi connectivity index (χ0) is 21.8. The van der Waals surface area contributed by atoms with Crippen LogP contribution >= 0.6 is 11.8 Å². The highest BCUT2D eigenvalue weighted by Crippen LogP contribution is 2.28. The molecule has 154 valence electrons. The average molecular weight is 421 g/mol. The molecule has 3 rings (SSSR count). The second-order valence-electron chi connectivity index (χ2n) is 7.22. The van der Waals surface area contributed by atoms with E-state index in [1.165, 1.54) is 11.8 Å². The number of nitrogens with zero attached hydrogens (tertiary/aromatic N) is 4. The number of para-hydroxylation sites is 2. The monoisotopic (exact) mass is 420 g/mol. The summed E-state index contributed by atoms with van der Waals surface area (Å²) in [4.78, 5) is 32.5. The highest BCUT2D eigenvalue weighted by molar-refractivity contribution is 8.00. The molecule has 1 heterocycles. The highest BCUT2D eigenvalue weighted by Gasteiger charge is 2.23. The zero-order valence-electron chi connectivity index (χ0n) is 17.5. The van der Waals surface area contributed by atoms with Crippen LogP contribution in [0.25, 0.3) is 16.6 Å².